The average Bonchev–Trinajstić information content (AvgIpc) is 2.74. The number of esters is 2. The van der Waals surface area contributed by atoms with Crippen molar-refractivity contribution in [3.8, 4) is 0 Å². The molecule has 2 aromatic rings. The summed E-state index contributed by atoms with van der Waals surface area (Å²) in [6, 6.07) is 16.5. The van der Waals surface area contributed by atoms with Crippen molar-refractivity contribution in [1.82, 2.24) is 0 Å². The minimum atomic E-state index is -1.23. The molecular weight excluding hydrogens is 362 g/mol. The summed E-state index contributed by atoms with van der Waals surface area (Å²) >= 11 is 0. The number of hydrogen-bond donors (Lipinski definition) is 1. The van der Waals surface area contributed by atoms with Gasteiger partial charge >= 0.3 is 11.9 Å². The second-order valence-corrected chi connectivity index (χ2v) is 6.06. The van der Waals surface area contributed by atoms with Crippen LogP contribution in [0.1, 0.15) is 24.0 Å². The van der Waals surface area contributed by atoms with Gasteiger partial charge in [-0.25, -0.2) is 9.59 Å². The van der Waals surface area contributed by atoms with Crippen molar-refractivity contribution in [3.05, 3.63) is 71.8 Å². The summed E-state index contributed by atoms with van der Waals surface area (Å²) in [7, 11) is 0. The van der Waals surface area contributed by atoms with E-state index in [-0.39, 0.29) is 26.1 Å². The Kier molecular flexibility index (Phi) is 8.05. The highest BCUT2D eigenvalue weighted by Gasteiger charge is 2.25. The van der Waals surface area contributed by atoms with Gasteiger partial charge in [-0.2, -0.15) is 0 Å². The van der Waals surface area contributed by atoms with Gasteiger partial charge in [-0.05, 0) is 17.5 Å². The van der Waals surface area contributed by atoms with Gasteiger partial charge in [0.2, 0.25) is 5.78 Å². The molecular formula is C21H21NO6. The van der Waals surface area contributed by atoms with E-state index in [1.165, 1.54) is 0 Å². The van der Waals surface area contributed by atoms with Gasteiger partial charge in [0.1, 0.15) is 13.2 Å². The lowest BCUT2D eigenvalue weighted by Crippen LogP contribution is -2.37. The number of carbonyl (C=O) groups is 4. The zero-order valence-electron chi connectivity index (χ0n) is 15.2. The van der Waals surface area contributed by atoms with Crippen LogP contribution in [0.5, 0.6) is 0 Å². The van der Waals surface area contributed by atoms with Crippen molar-refractivity contribution in [2.24, 2.45) is 5.73 Å². The SMILES string of the molecule is N[C@@H](CCC(=O)C(=O)OCc1ccccc1)C(=O)C(=O)OCc1ccccc1. The number of rotatable bonds is 10. The molecule has 0 heterocycles. The number of hydrogen-bond acceptors (Lipinski definition) is 7. The zero-order chi connectivity index (χ0) is 20.4. The van der Waals surface area contributed by atoms with E-state index >= 15 is 0 Å². The first-order valence-corrected chi connectivity index (χ1v) is 8.71. The molecule has 0 bridgehead atoms. The van der Waals surface area contributed by atoms with E-state index < -0.39 is 29.5 Å². The van der Waals surface area contributed by atoms with Crippen molar-refractivity contribution < 1.29 is 28.7 Å². The number of ketones is 2. The summed E-state index contributed by atoms with van der Waals surface area (Å²) in [5.74, 6) is -3.83. The molecule has 28 heavy (non-hydrogen) atoms. The van der Waals surface area contributed by atoms with E-state index in [1.807, 2.05) is 12.1 Å². The van der Waals surface area contributed by atoms with Crippen molar-refractivity contribution in [2.75, 3.05) is 0 Å². The summed E-state index contributed by atoms with van der Waals surface area (Å²) in [5.41, 5.74) is 7.12. The fourth-order valence-corrected chi connectivity index (χ4v) is 2.27. The Bertz CT molecular complexity index is 819. The van der Waals surface area contributed by atoms with Crippen molar-refractivity contribution >= 4 is 23.5 Å². The predicted molar refractivity (Wildman–Crippen MR) is 99.7 cm³/mol. The lowest BCUT2D eigenvalue weighted by atomic mass is 10.1. The van der Waals surface area contributed by atoms with Gasteiger partial charge in [0.15, 0.2) is 0 Å². The molecule has 0 amide bonds. The molecule has 0 aliphatic rings. The number of nitrogens with two attached hydrogens (primary N) is 1. The average molecular weight is 383 g/mol. The number of benzene rings is 2. The maximum absolute atomic E-state index is 11.9. The van der Waals surface area contributed by atoms with Crippen LogP contribution < -0.4 is 5.73 Å². The van der Waals surface area contributed by atoms with E-state index in [9.17, 15) is 19.2 Å². The Hall–Kier alpha value is -3.32. The fraction of sp³-hybridized carbons (Fsp3) is 0.238. The van der Waals surface area contributed by atoms with Gasteiger partial charge in [-0.3, -0.25) is 9.59 Å². The molecule has 0 aliphatic carbocycles. The third kappa shape index (κ3) is 6.77. The maximum atomic E-state index is 11.9. The lowest BCUT2D eigenvalue weighted by molar-refractivity contribution is -0.156. The lowest BCUT2D eigenvalue weighted by Gasteiger charge is -2.10. The first kappa shape index (κ1) is 21.0. The van der Waals surface area contributed by atoms with E-state index in [4.69, 9.17) is 15.2 Å². The van der Waals surface area contributed by atoms with Gasteiger partial charge in [0.25, 0.3) is 5.78 Å². The van der Waals surface area contributed by atoms with Crippen LogP contribution in [0, 0.1) is 0 Å². The smallest absolute Gasteiger partial charge is 0.376 e. The van der Waals surface area contributed by atoms with Crippen molar-refractivity contribution in [2.45, 2.75) is 32.1 Å². The molecule has 1 atom stereocenters. The van der Waals surface area contributed by atoms with Gasteiger partial charge in [0.05, 0.1) is 6.04 Å². The highest BCUT2D eigenvalue weighted by atomic mass is 16.5. The quantitative estimate of drug-likeness (QED) is 0.491. The third-order valence-corrected chi connectivity index (χ3v) is 3.87. The second-order valence-electron chi connectivity index (χ2n) is 6.06. The molecule has 146 valence electrons. The Labute approximate surface area is 162 Å². The standard InChI is InChI=1S/C21H21NO6/c22-17(19(24)21(26)28-14-16-9-5-2-6-10-16)11-12-18(23)20(25)27-13-15-7-3-1-4-8-15/h1-10,17H,11-14,22H2/t17-/m0/s1. The summed E-state index contributed by atoms with van der Waals surface area (Å²) in [6.45, 7) is -0.0783. The van der Waals surface area contributed by atoms with Crippen LogP contribution in [0.15, 0.2) is 60.7 Å². The Morgan fingerprint density at radius 1 is 0.750 bits per heavy atom. The van der Waals surface area contributed by atoms with Crippen LogP contribution in [-0.2, 0) is 41.9 Å². The molecule has 0 spiro atoms. The molecule has 0 aromatic heterocycles. The largest absolute Gasteiger partial charge is 0.455 e. The molecule has 0 radical (unpaired) electrons. The molecule has 0 aliphatic heterocycles. The van der Waals surface area contributed by atoms with E-state index in [1.54, 1.807) is 48.5 Å². The van der Waals surface area contributed by atoms with Gasteiger partial charge in [-0.15, -0.1) is 0 Å². The molecule has 0 unspecified atom stereocenters. The highest BCUT2D eigenvalue weighted by molar-refractivity contribution is 6.36. The number of Topliss-reactive ketones (excluding diaryl/α,β-unsaturated/α-hetero) is 2. The molecule has 7 heteroatoms. The van der Waals surface area contributed by atoms with Crippen LogP contribution in [0.2, 0.25) is 0 Å². The summed E-state index contributed by atoms with van der Waals surface area (Å²) in [4.78, 5) is 47.2. The molecule has 0 saturated heterocycles. The van der Waals surface area contributed by atoms with Crippen molar-refractivity contribution in [3.63, 3.8) is 0 Å². The first-order chi connectivity index (χ1) is 13.5. The van der Waals surface area contributed by atoms with Crippen LogP contribution in [0.25, 0.3) is 0 Å². The maximum Gasteiger partial charge on any atom is 0.376 e. The van der Waals surface area contributed by atoms with Gasteiger partial charge < -0.3 is 15.2 Å². The number of ether oxygens (including phenoxy) is 2. The molecule has 7 nitrogen and oxygen atoms in total. The minimum Gasteiger partial charge on any atom is -0.455 e. The zero-order valence-corrected chi connectivity index (χ0v) is 15.2. The van der Waals surface area contributed by atoms with Crippen LogP contribution in [-0.4, -0.2) is 29.5 Å². The number of carbonyl (C=O) groups excluding carboxylic acids is 4. The van der Waals surface area contributed by atoms with E-state index in [0.29, 0.717) is 0 Å². The summed E-state index contributed by atoms with van der Waals surface area (Å²) in [6.07, 6.45) is -0.453. The van der Waals surface area contributed by atoms with Crippen LogP contribution in [0.4, 0.5) is 0 Å². The summed E-state index contributed by atoms with van der Waals surface area (Å²) in [5, 5.41) is 0. The first-order valence-electron chi connectivity index (χ1n) is 8.71. The van der Waals surface area contributed by atoms with Crippen LogP contribution in [0.3, 0.4) is 0 Å². The van der Waals surface area contributed by atoms with Crippen molar-refractivity contribution in [1.29, 1.82) is 0 Å². The third-order valence-electron chi connectivity index (χ3n) is 3.87. The molecule has 2 aromatic carbocycles. The van der Waals surface area contributed by atoms with E-state index in [0.717, 1.165) is 11.1 Å². The summed E-state index contributed by atoms with van der Waals surface area (Å²) < 4.78 is 9.82. The van der Waals surface area contributed by atoms with E-state index in [2.05, 4.69) is 0 Å². The molecule has 0 saturated carbocycles. The fourth-order valence-electron chi connectivity index (χ4n) is 2.27. The van der Waals surface area contributed by atoms with Crippen LogP contribution >= 0.6 is 0 Å². The monoisotopic (exact) mass is 383 g/mol. The Morgan fingerprint density at radius 2 is 1.21 bits per heavy atom. The molecule has 2 N–H and O–H groups in total. The second kappa shape index (κ2) is 10.7. The minimum absolute atomic E-state index is 0.0256. The molecule has 0 fully saturated rings. The topological polar surface area (TPSA) is 113 Å². The molecule has 2 rings (SSSR count). The Balaban J connectivity index is 1.71. The predicted octanol–water partition coefficient (Wildman–Crippen LogP) is 1.72. The van der Waals surface area contributed by atoms with Gasteiger partial charge in [-0.1, -0.05) is 60.7 Å². The highest BCUT2D eigenvalue weighted by Crippen LogP contribution is 2.05. The van der Waals surface area contributed by atoms with Gasteiger partial charge in [0, 0.05) is 6.42 Å². The Morgan fingerprint density at radius 3 is 1.71 bits per heavy atom. The normalized spacial score (nSPS) is 11.3.